The molecule has 6 nitrogen and oxygen atoms in total. The summed E-state index contributed by atoms with van der Waals surface area (Å²) in [6.07, 6.45) is 0. The number of aryl methyl sites for hydroxylation is 2. The van der Waals surface area contributed by atoms with Crippen molar-refractivity contribution in [3.63, 3.8) is 0 Å². The zero-order valence-electron chi connectivity index (χ0n) is 12.4. The number of benzene rings is 1. The number of nitrogens with zero attached hydrogens (tertiary/aromatic N) is 4. The van der Waals surface area contributed by atoms with Crippen LogP contribution in [-0.4, -0.2) is 26.4 Å². The van der Waals surface area contributed by atoms with Gasteiger partial charge in [-0.3, -0.25) is 0 Å². The van der Waals surface area contributed by atoms with Gasteiger partial charge in [-0.2, -0.15) is 9.36 Å². The topological polar surface area (TPSA) is 61.9 Å². The summed E-state index contributed by atoms with van der Waals surface area (Å²) in [7, 11) is 0. The van der Waals surface area contributed by atoms with Gasteiger partial charge in [-0.1, -0.05) is 12.1 Å². The molecule has 114 valence electrons. The summed E-state index contributed by atoms with van der Waals surface area (Å²) in [5.41, 5.74) is 1.95. The molecule has 0 amide bonds. The van der Waals surface area contributed by atoms with Crippen molar-refractivity contribution in [2.24, 2.45) is 0 Å². The molecule has 2 aromatic heterocycles. The fourth-order valence-corrected chi connectivity index (χ4v) is 2.72. The van der Waals surface area contributed by atoms with E-state index in [-0.39, 0.29) is 5.69 Å². The monoisotopic (exact) mass is 316 g/mol. The van der Waals surface area contributed by atoms with E-state index in [1.165, 1.54) is 20.7 Å². The number of hydrogen-bond acceptors (Lipinski definition) is 5. The zero-order valence-corrected chi connectivity index (χ0v) is 13.2. The number of ether oxygens (including phenoxy) is 1. The van der Waals surface area contributed by atoms with E-state index in [9.17, 15) is 4.79 Å². The SMILES string of the molecule is Cc1ccc(C)c(OCCn2nnn(-c3cccs3)c2=O)c1. The number of tetrazole rings is 1. The highest BCUT2D eigenvalue weighted by molar-refractivity contribution is 7.12. The van der Waals surface area contributed by atoms with E-state index in [1.54, 1.807) is 0 Å². The first kappa shape index (κ1) is 14.5. The summed E-state index contributed by atoms with van der Waals surface area (Å²) in [6, 6.07) is 9.75. The second-order valence-corrected chi connectivity index (χ2v) is 5.89. The van der Waals surface area contributed by atoms with Crippen LogP contribution in [0, 0.1) is 13.8 Å². The van der Waals surface area contributed by atoms with Crippen molar-refractivity contribution in [3.8, 4) is 10.8 Å². The summed E-state index contributed by atoms with van der Waals surface area (Å²) in [6.45, 7) is 4.74. The molecule has 3 rings (SSSR count). The summed E-state index contributed by atoms with van der Waals surface area (Å²) in [5, 5.41) is 10.4. The van der Waals surface area contributed by atoms with Gasteiger partial charge in [0.1, 0.15) is 17.4 Å². The van der Waals surface area contributed by atoms with E-state index < -0.39 is 0 Å². The van der Waals surface area contributed by atoms with Crippen molar-refractivity contribution in [1.29, 1.82) is 0 Å². The van der Waals surface area contributed by atoms with Gasteiger partial charge < -0.3 is 4.74 Å². The molecule has 0 saturated carbocycles. The molecule has 0 atom stereocenters. The first-order valence-electron chi connectivity index (χ1n) is 6.92. The summed E-state index contributed by atoms with van der Waals surface area (Å²) < 4.78 is 8.35. The quantitative estimate of drug-likeness (QED) is 0.724. The maximum Gasteiger partial charge on any atom is 0.369 e. The Morgan fingerprint density at radius 3 is 2.86 bits per heavy atom. The Balaban J connectivity index is 1.68. The fraction of sp³-hybridized carbons (Fsp3) is 0.267. The largest absolute Gasteiger partial charge is 0.491 e. The van der Waals surface area contributed by atoms with Crippen molar-refractivity contribution in [1.82, 2.24) is 19.8 Å². The fourth-order valence-electron chi connectivity index (χ4n) is 2.05. The minimum atomic E-state index is -0.257. The molecule has 0 saturated heterocycles. The van der Waals surface area contributed by atoms with Gasteiger partial charge in [0.25, 0.3) is 0 Å². The van der Waals surface area contributed by atoms with Gasteiger partial charge in [0.15, 0.2) is 0 Å². The van der Waals surface area contributed by atoms with Crippen LogP contribution in [0.5, 0.6) is 5.75 Å². The van der Waals surface area contributed by atoms with Gasteiger partial charge in [0.05, 0.1) is 6.54 Å². The van der Waals surface area contributed by atoms with Crippen LogP contribution in [0.15, 0.2) is 40.5 Å². The van der Waals surface area contributed by atoms with Crippen molar-refractivity contribution >= 4 is 11.3 Å². The summed E-state index contributed by atoms with van der Waals surface area (Å²) in [5.74, 6) is 0.832. The predicted octanol–water partition coefficient (Wildman–Crippen LogP) is 2.19. The van der Waals surface area contributed by atoms with Crippen LogP contribution in [0.1, 0.15) is 11.1 Å². The molecule has 0 bridgehead atoms. The Bertz CT molecular complexity index is 820. The van der Waals surface area contributed by atoms with E-state index in [2.05, 4.69) is 10.4 Å². The molecule has 7 heteroatoms. The third-order valence-corrected chi connectivity index (χ3v) is 4.10. The smallest absolute Gasteiger partial charge is 0.369 e. The van der Waals surface area contributed by atoms with Crippen LogP contribution in [0.3, 0.4) is 0 Å². The highest BCUT2D eigenvalue weighted by atomic mass is 32.1. The first-order chi connectivity index (χ1) is 10.6. The Labute approximate surface area is 131 Å². The Morgan fingerprint density at radius 2 is 2.09 bits per heavy atom. The summed E-state index contributed by atoms with van der Waals surface area (Å²) >= 11 is 1.44. The molecule has 0 unspecified atom stereocenters. The molecule has 0 fully saturated rings. The van der Waals surface area contributed by atoms with Crippen LogP contribution in [0.2, 0.25) is 0 Å². The van der Waals surface area contributed by atoms with E-state index in [0.29, 0.717) is 13.2 Å². The average Bonchev–Trinajstić information content (AvgIpc) is 3.13. The predicted molar refractivity (Wildman–Crippen MR) is 84.9 cm³/mol. The first-order valence-corrected chi connectivity index (χ1v) is 7.80. The Kier molecular flexibility index (Phi) is 4.06. The lowest BCUT2D eigenvalue weighted by Gasteiger charge is -2.09. The highest BCUT2D eigenvalue weighted by Gasteiger charge is 2.09. The molecular weight excluding hydrogens is 300 g/mol. The van der Waals surface area contributed by atoms with Gasteiger partial charge in [-0.15, -0.1) is 11.3 Å². The standard InChI is InChI=1S/C15H16N4O2S/c1-11-5-6-12(2)13(10-11)21-8-7-18-15(20)19(17-16-18)14-4-3-9-22-14/h3-6,9-10H,7-8H2,1-2H3. The second-order valence-electron chi connectivity index (χ2n) is 4.97. The number of thiophene rings is 1. The van der Waals surface area contributed by atoms with Gasteiger partial charge in [-0.25, -0.2) is 4.79 Å². The molecular formula is C15H16N4O2S. The minimum absolute atomic E-state index is 0.257. The van der Waals surface area contributed by atoms with Crippen LogP contribution < -0.4 is 10.4 Å². The second kappa shape index (κ2) is 6.15. The van der Waals surface area contributed by atoms with Crippen molar-refractivity contribution in [3.05, 3.63) is 57.3 Å². The van der Waals surface area contributed by atoms with Crippen molar-refractivity contribution in [2.75, 3.05) is 6.61 Å². The third-order valence-electron chi connectivity index (χ3n) is 3.26. The van der Waals surface area contributed by atoms with Gasteiger partial charge in [-0.05, 0) is 59.0 Å². The van der Waals surface area contributed by atoms with Gasteiger partial charge in [0.2, 0.25) is 0 Å². The zero-order chi connectivity index (χ0) is 15.5. The summed E-state index contributed by atoms with van der Waals surface area (Å²) in [4.78, 5) is 12.2. The molecule has 3 aromatic rings. The van der Waals surface area contributed by atoms with Crippen LogP contribution in [0.25, 0.3) is 5.00 Å². The normalized spacial score (nSPS) is 10.8. The van der Waals surface area contributed by atoms with Gasteiger partial charge in [0, 0.05) is 0 Å². The Hall–Kier alpha value is -2.41. The van der Waals surface area contributed by atoms with E-state index in [0.717, 1.165) is 21.9 Å². The Morgan fingerprint density at radius 1 is 1.23 bits per heavy atom. The van der Waals surface area contributed by atoms with Gasteiger partial charge >= 0.3 is 5.69 Å². The number of aromatic nitrogens is 4. The van der Waals surface area contributed by atoms with E-state index in [4.69, 9.17) is 4.74 Å². The molecule has 22 heavy (non-hydrogen) atoms. The molecule has 1 aromatic carbocycles. The van der Waals surface area contributed by atoms with Crippen LogP contribution in [0.4, 0.5) is 0 Å². The molecule has 0 aliphatic carbocycles. The maximum atomic E-state index is 12.2. The molecule has 0 aliphatic heterocycles. The maximum absolute atomic E-state index is 12.2. The average molecular weight is 316 g/mol. The molecule has 0 radical (unpaired) electrons. The third kappa shape index (κ3) is 2.94. The van der Waals surface area contributed by atoms with Crippen LogP contribution >= 0.6 is 11.3 Å². The van der Waals surface area contributed by atoms with Crippen LogP contribution in [-0.2, 0) is 6.54 Å². The molecule has 0 spiro atoms. The lowest BCUT2D eigenvalue weighted by molar-refractivity contribution is 0.285. The molecule has 2 heterocycles. The molecule has 0 N–H and O–H groups in total. The van der Waals surface area contributed by atoms with E-state index >= 15 is 0 Å². The lowest BCUT2D eigenvalue weighted by Crippen LogP contribution is -2.26. The number of hydrogen-bond donors (Lipinski definition) is 0. The van der Waals surface area contributed by atoms with E-state index in [1.807, 2.05) is 49.6 Å². The minimum Gasteiger partial charge on any atom is -0.491 e. The number of rotatable bonds is 5. The van der Waals surface area contributed by atoms with Crippen molar-refractivity contribution < 1.29 is 4.74 Å². The van der Waals surface area contributed by atoms with Crippen molar-refractivity contribution in [2.45, 2.75) is 20.4 Å². The highest BCUT2D eigenvalue weighted by Crippen LogP contribution is 2.18. The molecule has 0 aliphatic rings. The lowest BCUT2D eigenvalue weighted by atomic mass is 10.1.